The molecule has 1 aliphatic carbocycles. The van der Waals surface area contributed by atoms with Crippen LogP contribution in [0.1, 0.15) is 27.3 Å². The van der Waals surface area contributed by atoms with Crippen LogP contribution in [-0.2, 0) is 12.8 Å². The lowest BCUT2D eigenvalue weighted by Crippen LogP contribution is -2.27. The molecule has 2 aromatic heterocycles. The number of rotatable bonds is 3. The molecule has 0 fully saturated rings. The number of nitrogens with one attached hydrogen (secondary N) is 1. The molecule has 0 spiro atoms. The number of anilines is 1. The first-order valence-electron chi connectivity index (χ1n) is 7.58. The van der Waals surface area contributed by atoms with E-state index in [0.717, 1.165) is 30.6 Å². The van der Waals surface area contributed by atoms with Crippen molar-refractivity contribution in [2.75, 3.05) is 5.32 Å². The second kappa shape index (κ2) is 6.10. The zero-order valence-corrected chi connectivity index (χ0v) is 13.5. The number of carbonyl (C=O) groups is 1. The van der Waals surface area contributed by atoms with Crippen LogP contribution in [0.3, 0.4) is 0 Å². The highest BCUT2D eigenvalue weighted by atomic mass is 32.1. The highest BCUT2D eigenvalue weighted by molar-refractivity contribution is 7.15. The van der Waals surface area contributed by atoms with Crippen molar-refractivity contribution >= 4 is 22.4 Å². The molecule has 4 rings (SSSR count). The van der Waals surface area contributed by atoms with E-state index in [0.29, 0.717) is 10.7 Å². The second-order valence-electron chi connectivity index (χ2n) is 5.65. The predicted octanol–water partition coefficient (Wildman–Crippen LogP) is 1.19. The molecule has 1 amide bonds. The van der Waals surface area contributed by atoms with Crippen molar-refractivity contribution in [2.45, 2.75) is 25.3 Å². The van der Waals surface area contributed by atoms with Crippen LogP contribution in [0.25, 0.3) is 5.69 Å². The van der Waals surface area contributed by atoms with E-state index in [-0.39, 0.29) is 11.9 Å². The van der Waals surface area contributed by atoms with Crippen molar-refractivity contribution in [3.63, 3.8) is 0 Å². The molecule has 0 bridgehead atoms. The summed E-state index contributed by atoms with van der Waals surface area (Å²) in [5.41, 5.74) is 8.38. The number of hydrogen-bond acceptors (Lipinski definition) is 7. The van der Waals surface area contributed by atoms with Gasteiger partial charge in [0, 0.05) is 16.5 Å². The zero-order valence-electron chi connectivity index (χ0n) is 12.7. The van der Waals surface area contributed by atoms with Crippen LogP contribution in [0.2, 0.25) is 0 Å². The van der Waals surface area contributed by atoms with E-state index in [1.54, 1.807) is 24.3 Å². The molecular weight excluding hydrogens is 326 g/mol. The molecular formula is C15H15N7OS. The van der Waals surface area contributed by atoms with Crippen molar-refractivity contribution < 1.29 is 4.79 Å². The first kappa shape index (κ1) is 14.9. The van der Waals surface area contributed by atoms with Crippen LogP contribution in [0, 0.1) is 0 Å². The maximum absolute atomic E-state index is 12.4. The van der Waals surface area contributed by atoms with Gasteiger partial charge in [-0.2, -0.15) is 0 Å². The summed E-state index contributed by atoms with van der Waals surface area (Å²) in [6, 6.07) is 7.24. The highest BCUT2D eigenvalue weighted by Gasteiger charge is 2.21. The molecule has 9 heteroatoms. The number of carbonyl (C=O) groups excluding carboxylic acids is 1. The third kappa shape index (κ3) is 2.91. The van der Waals surface area contributed by atoms with Gasteiger partial charge in [0.05, 0.1) is 11.4 Å². The molecule has 0 unspecified atom stereocenters. The quantitative estimate of drug-likeness (QED) is 0.740. The molecule has 1 aromatic carbocycles. The lowest BCUT2D eigenvalue weighted by Gasteiger charge is -2.15. The Balaban J connectivity index is 1.48. The largest absolute Gasteiger partial charge is 0.327 e. The molecule has 8 nitrogen and oxygen atoms in total. The Kier molecular flexibility index (Phi) is 3.79. The monoisotopic (exact) mass is 341 g/mol. The Labute approximate surface area is 141 Å². The number of amides is 1. The van der Waals surface area contributed by atoms with Crippen LogP contribution in [0.5, 0.6) is 0 Å². The van der Waals surface area contributed by atoms with Gasteiger partial charge in [0.1, 0.15) is 6.33 Å². The van der Waals surface area contributed by atoms with Crippen LogP contribution >= 0.6 is 11.3 Å². The van der Waals surface area contributed by atoms with Gasteiger partial charge >= 0.3 is 0 Å². The van der Waals surface area contributed by atoms with Gasteiger partial charge < -0.3 is 5.73 Å². The number of aromatic nitrogens is 5. The maximum atomic E-state index is 12.4. The Morgan fingerprint density at radius 1 is 1.33 bits per heavy atom. The molecule has 1 aliphatic rings. The third-order valence-corrected chi connectivity index (χ3v) is 4.98. The number of hydrogen-bond donors (Lipinski definition) is 2. The number of tetrazole rings is 1. The summed E-state index contributed by atoms with van der Waals surface area (Å²) in [5.74, 6) is -0.186. The van der Waals surface area contributed by atoms with Crippen LogP contribution in [0.4, 0.5) is 5.13 Å². The minimum Gasteiger partial charge on any atom is -0.327 e. The van der Waals surface area contributed by atoms with Crippen LogP contribution in [-0.4, -0.2) is 37.1 Å². The molecule has 2 heterocycles. The zero-order chi connectivity index (χ0) is 16.5. The third-order valence-electron chi connectivity index (χ3n) is 3.94. The molecule has 0 saturated heterocycles. The highest BCUT2D eigenvalue weighted by Crippen LogP contribution is 2.29. The molecule has 0 saturated carbocycles. The Bertz CT molecular complexity index is 857. The first-order valence-corrected chi connectivity index (χ1v) is 8.39. The average Bonchev–Trinajstić information content (AvgIpc) is 3.23. The molecule has 122 valence electrons. The lowest BCUT2D eigenvalue weighted by atomic mass is 9.99. The van der Waals surface area contributed by atoms with Crippen molar-refractivity contribution in [3.05, 3.63) is 46.7 Å². The van der Waals surface area contributed by atoms with Gasteiger partial charge in [-0.1, -0.05) is 0 Å². The molecule has 0 radical (unpaired) electrons. The van der Waals surface area contributed by atoms with Crippen LogP contribution in [0.15, 0.2) is 30.6 Å². The van der Waals surface area contributed by atoms with E-state index in [9.17, 15) is 4.79 Å². The lowest BCUT2D eigenvalue weighted by molar-refractivity contribution is 0.102. The van der Waals surface area contributed by atoms with E-state index in [1.165, 1.54) is 27.2 Å². The van der Waals surface area contributed by atoms with Gasteiger partial charge in [-0.15, -0.1) is 16.4 Å². The summed E-state index contributed by atoms with van der Waals surface area (Å²) in [7, 11) is 0. The van der Waals surface area contributed by atoms with Gasteiger partial charge in [-0.25, -0.2) is 9.67 Å². The summed E-state index contributed by atoms with van der Waals surface area (Å²) >= 11 is 1.51. The summed E-state index contributed by atoms with van der Waals surface area (Å²) < 4.78 is 1.53. The predicted molar refractivity (Wildman–Crippen MR) is 89.2 cm³/mol. The van der Waals surface area contributed by atoms with Gasteiger partial charge in [0.25, 0.3) is 5.91 Å². The Hall–Kier alpha value is -2.65. The maximum Gasteiger partial charge on any atom is 0.257 e. The van der Waals surface area contributed by atoms with Gasteiger partial charge in [-0.3, -0.25) is 10.1 Å². The fourth-order valence-electron chi connectivity index (χ4n) is 2.67. The number of fused-ring (bicyclic) bond motifs is 1. The number of benzene rings is 1. The number of aryl methyl sites for hydroxylation is 1. The first-order chi connectivity index (χ1) is 11.7. The fourth-order valence-corrected chi connectivity index (χ4v) is 3.76. The number of nitrogens with zero attached hydrogens (tertiary/aromatic N) is 5. The van der Waals surface area contributed by atoms with Crippen molar-refractivity contribution in [1.82, 2.24) is 25.2 Å². The van der Waals surface area contributed by atoms with E-state index >= 15 is 0 Å². The average molecular weight is 341 g/mol. The van der Waals surface area contributed by atoms with Gasteiger partial charge in [0.2, 0.25) is 0 Å². The Morgan fingerprint density at radius 3 is 2.92 bits per heavy atom. The molecule has 3 N–H and O–H groups in total. The van der Waals surface area contributed by atoms with Crippen molar-refractivity contribution in [3.8, 4) is 5.69 Å². The summed E-state index contributed by atoms with van der Waals surface area (Å²) in [4.78, 5) is 18.1. The second-order valence-corrected chi connectivity index (χ2v) is 6.73. The minimum atomic E-state index is -0.186. The molecule has 0 aliphatic heterocycles. The number of thiazole rings is 1. The fraction of sp³-hybridized carbons (Fsp3) is 0.267. The minimum absolute atomic E-state index is 0.186. The number of nitrogens with two attached hydrogens (primary N) is 1. The van der Waals surface area contributed by atoms with Crippen LogP contribution < -0.4 is 11.1 Å². The van der Waals surface area contributed by atoms with Crippen molar-refractivity contribution in [2.24, 2.45) is 5.73 Å². The SMILES string of the molecule is N[C@H]1CCc2nc(NC(=O)c3ccc(-n4cnnn4)cc3)sc2C1. The molecule has 1 atom stereocenters. The van der Waals surface area contributed by atoms with Gasteiger partial charge in [-0.05, 0) is 54.0 Å². The smallest absolute Gasteiger partial charge is 0.257 e. The van der Waals surface area contributed by atoms with E-state index in [4.69, 9.17) is 5.73 Å². The van der Waals surface area contributed by atoms with Crippen molar-refractivity contribution in [1.29, 1.82) is 0 Å². The Morgan fingerprint density at radius 2 is 2.17 bits per heavy atom. The summed E-state index contributed by atoms with van der Waals surface area (Å²) in [6.45, 7) is 0. The van der Waals surface area contributed by atoms with Gasteiger partial charge in [0.15, 0.2) is 5.13 Å². The normalized spacial score (nSPS) is 16.6. The van der Waals surface area contributed by atoms with E-state index in [1.807, 2.05) is 0 Å². The molecule has 24 heavy (non-hydrogen) atoms. The van der Waals surface area contributed by atoms with E-state index < -0.39 is 0 Å². The summed E-state index contributed by atoms with van der Waals surface area (Å²) in [6.07, 6.45) is 4.16. The standard InChI is InChI=1S/C15H15N7OS/c16-10-3-6-12-13(7-10)24-15(18-12)19-14(23)9-1-4-11(5-2-9)22-8-17-20-21-22/h1-2,4-5,8,10H,3,6-7,16H2,(H,18,19,23)/t10-/m0/s1. The summed E-state index contributed by atoms with van der Waals surface area (Å²) in [5, 5.41) is 14.5. The topological polar surface area (TPSA) is 112 Å². The molecule has 3 aromatic rings. The van der Waals surface area contributed by atoms with E-state index in [2.05, 4.69) is 25.8 Å².